The number of aryl methyl sites for hydroxylation is 2. The SMILES string of the molecule is Cc1nc2ncnn2c(C)c1CCC(=O)N1C[C@H]2CCN(C)C(=O)[C@H]2C1. The molecule has 138 valence electrons. The van der Waals surface area contributed by atoms with Crippen LogP contribution in [-0.2, 0) is 16.0 Å². The van der Waals surface area contributed by atoms with Gasteiger partial charge in [0.1, 0.15) is 6.33 Å². The van der Waals surface area contributed by atoms with Crippen molar-refractivity contribution in [1.82, 2.24) is 29.4 Å². The van der Waals surface area contributed by atoms with Crippen LogP contribution in [0.15, 0.2) is 6.33 Å². The molecule has 2 aromatic rings. The predicted molar refractivity (Wildman–Crippen MR) is 94.4 cm³/mol. The lowest BCUT2D eigenvalue weighted by atomic mass is 9.88. The largest absolute Gasteiger partial charge is 0.345 e. The summed E-state index contributed by atoms with van der Waals surface area (Å²) in [6.07, 6.45) is 3.53. The fraction of sp³-hybridized carbons (Fsp3) is 0.611. The number of hydrogen-bond acceptors (Lipinski definition) is 5. The van der Waals surface area contributed by atoms with E-state index in [4.69, 9.17) is 0 Å². The number of amides is 2. The molecule has 2 aromatic heterocycles. The molecule has 26 heavy (non-hydrogen) atoms. The third-order valence-electron chi connectivity index (χ3n) is 5.90. The molecule has 0 N–H and O–H groups in total. The van der Waals surface area contributed by atoms with Crippen LogP contribution in [0.2, 0.25) is 0 Å². The van der Waals surface area contributed by atoms with E-state index in [0.29, 0.717) is 37.6 Å². The zero-order valence-corrected chi connectivity index (χ0v) is 15.5. The van der Waals surface area contributed by atoms with Gasteiger partial charge in [0.05, 0.1) is 5.92 Å². The molecule has 4 heterocycles. The molecule has 8 heteroatoms. The number of fused-ring (bicyclic) bond motifs is 2. The van der Waals surface area contributed by atoms with Gasteiger partial charge in [-0.2, -0.15) is 10.1 Å². The monoisotopic (exact) mass is 356 g/mol. The van der Waals surface area contributed by atoms with Crippen molar-refractivity contribution in [1.29, 1.82) is 0 Å². The topological polar surface area (TPSA) is 83.7 Å². The van der Waals surface area contributed by atoms with Crippen LogP contribution in [0, 0.1) is 25.7 Å². The van der Waals surface area contributed by atoms with Crippen LogP contribution in [0.25, 0.3) is 5.78 Å². The maximum Gasteiger partial charge on any atom is 0.252 e. The second kappa shape index (κ2) is 6.34. The van der Waals surface area contributed by atoms with Crippen LogP contribution in [-0.4, -0.2) is 67.9 Å². The maximum atomic E-state index is 12.7. The van der Waals surface area contributed by atoms with Gasteiger partial charge in [-0.1, -0.05) is 0 Å². The number of piperidine rings is 1. The standard InChI is InChI=1S/C18H24N6O2/c1-11-14(12(2)24-18(21-11)19-10-20-24)4-5-16(25)23-8-13-6-7-22(3)17(26)15(13)9-23/h10,13,15H,4-9H2,1-3H3/t13-,15+/m1/s1. The lowest BCUT2D eigenvalue weighted by molar-refractivity contribution is -0.138. The molecule has 2 aliphatic heterocycles. The van der Waals surface area contributed by atoms with Crippen molar-refractivity contribution in [2.24, 2.45) is 11.8 Å². The van der Waals surface area contributed by atoms with Gasteiger partial charge in [0, 0.05) is 44.5 Å². The average Bonchev–Trinajstić information content (AvgIpc) is 3.25. The zero-order valence-electron chi connectivity index (χ0n) is 15.5. The van der Waals surface area contributed by atoms with Gasteiger partial charge >= 0.3 is 0 Å². The summed E-state index contributed by atoms with van der Waals surface area (Å²) in [5.41, 5.74) is 2.91. The van der Waals surface area contributed by atoms with Gasteiger partial charge in [-0.25, -0.2) is 9.50 Å². The van der Waals surface area contributed by atoms with Crippen molar-refractivity contribution in [3.05, 3.63) is 23.3 Å². The van der Waals surface area contributed by atoms with E-state index in [1.807, 2.05) is 25.8 Å². The second-order valence-electron chi connectivity index (χ2n) is 7.45. The molecule has 2 aliphatic rings. The number of carbonyl (C=O) groups excluding carboxylic acids is 2. The molecular formula is C18H24N6O2. The Kier molecular flexibility index (Phi) is 4.13. The number of rotatable bonds is 3. The van der Waals surface area contributed by atoms with Crippen LogP contribution in [0.1, 0.15) is 29.8 Å². The van der Waals surface area contributed by atoms with Gasteiger partial charge in [0.15, 0.2) is 0 Å². The Balaban J connectivity index is 1.44. The van der Waals surface area contributed by atoms with E-state index < -0.39 is 0 Å². The molecule has 0 aliphatic carbocycles. The minimum Gasteiger partial charge on any atom is -0.345 e. The van der Waals surface area contributed by atoms with Crippen molar-refractivity contribution in [3.8, 4) is 0 Å². The molecule has 0 radical (unpaired) electrons. The van der Waals surface area contributed by atoms with E-state index in [2.05, 4.69) is 15.1 Å². The number of nitrogens with zero attached hydrogens (tertiary/aromatic N) is 6. The summed E-state index contributed by atoms with van der Waals surface area (Å²) in [7, 11) is 1.85. The predicted octanol–water partition coefficient (Wildman–Crippen LogP) is 0.610. The lowest BCUT2D eigenvalue weighted by Gasteiger charge is -2.30. The van der Waals surface area contributed by atoms with E-state index in [-0.39, 0.29) is 17.7 Å². The highest BCUT2D eigenvalue weighted by Gasteiger charge is 2.43. The van der Waals surface area contributed by atoms with Gasteiger partial charge in [-0.3, -0.25) is 9.59 Å². The molecule has 0 saturated carbocycles. The first-order valence-corrected chi connectivity index (χ1v) is 9.14. The normalized spacial score (nSPS) is 23.0. The summed E-state index contributed by atoms with van der Waals surface area (Å²) in [4.78, 5) is 37.3. The highest BCUT2D eigenvalue weighted by atomic mass is 16.2. The van der Waals surface area contributed by atoms with Gasteiger partial charge in [-0.15, -0.1) is 0 Å². The Hall–Kier alpha value is -2.51. The van der Waals surface area contributed by atoms with E-state index >= 15 is 0 Å². The first-order chi connectivity index (χ1) is 12.5. The van der Waals surface area contributed by atoms with E-state index in [9.17, 15) is 9.59 Å². The number of hydrogen-bond donors (Lipinski definition) is 0. The molecule has 8 nitrogen and oxygen atoms in total. The molecule has 2 atom stereocenters. The minimum atomic E-state index is -0.0191. The van der Waals surface area contributed by atoms with Crippen molar-refractivity contribution in [3.63, 3.8) is 0 Å². The number of carbonyl (C=O) groups is 2. The summed E-state index contributed by atoms with van der Waals surface area (Å²) in [5, 5.41) is 4.19. The smallest absolute Gasteiger partial charge is 0.252 e. The van der Waals surface area contributed by atoms with E-state index in [1.54, 1.807) is 9.42 Å². The molecule has 0 unspecified atom stereocenters. The van der Waals surface area contributed by atoms with Crippen molar-refractivity contribution >= 4 is 17.6 Å². The van der Waals surface area contributed by atoms with E-state index in [0.717, 1.165) is 29.9 Å². The molecule has 0 spiro atoms. The van der Waals surface area contributed by atoms with Crippen molar-refractivity contribution in [2.75, 3.05) is 26.7 Å². The first kappa shape index (κ1) is 16.9. The summed E-state index contributed by atoms with van der Waals surface area (Å²) in [6.45, 7) is 5.99. The Bertz CT molecular complexity index is 876. The Morgan fingerprint density at radius 1 is 1.31 bits per heavy atom. The zero-order chi connectivity index (χ0) is 18.4. The van der Waals surface area contributed by atoms with Gasteiger partial charge in [0.2, 0.25) is 11.8 Å². The molecule has 4 rings (SSSR count). The first-order valence-electron chi connectivity index (χ1n) is 9.14. The fourth-order valence-electron chi connectivity index (χ4n) is 4.31. The summed E-state index contributed by atoms with van der Waals surface area (Å²) in [6, 6.07) is 0. The van der Waals surface area contributed by atoms with Gasteiger partial charge < -0.3 is 9.80 Å². The number of likely N-dealkylation sites (tertiary alicyclic amines) is 2. The molecule has 2 saturated heterocycles. The van der Waals surface area contributed by atoms with Crippen molar-refractivity contribution in [2.45, 2.75) is 33.1 Å². The quantitative estimate of drug-likeness (QED) is 0.805. The Labute approximate surface area is 152 Å². The summed E-state index contributed by atoms with van der Waals surface area (Å²) < 4.78 is 1.71. The molecule has 2 amide bonds. The van der Waals surface area contributed by atoms with E-state index in [1.165, 1.54) is 6.33 Å². The highest BCUT2D eigenvalue weighted by molar-refractivity contribution is 5.83. The lowest BCUT2D eigenvalue weighted by Crippen LogP contribution is -2.42. The van der Waals surface area contributed by atoms with Crippen LogP contribution < -0.4 is 0 Å². The fourth-order valence-corrected chi connectivity index (χ4v) is 4.31. The number of aromatic nitrogens is 4. The Morgan fingerprint density at radius 2 is 2.12 bits per heavy atom. The molecular weight excluding hydrogens is 332 g/mol. The van der Waals surface area contributed by atoms with Crippen molar-refractivity contribution < 1.29 is 9.59 Å². The van der Waals surface area contributed by atoms with Crippen LogP contribution in [0.3, 0.4) is 0 Å². The Morgan fingerprint density at radius 3 is 2.92 bits per heavy atom. The third kappa shape index (κ3) is 2.73. The highest BCUT2D eigenvalue weighted by Crippen LogP contribution is 2.32. The van der Waals surface area contributed by atoms with Crippen LogP contribution in [0.4, 0.5) is 0 Å². The third-order valence-corrected chi connectivity index (χ3v) is 5.90. The van der Waals surface area contributed by atoms with Gasteiger partial charge in [-0.05, 0) is 38.2 Å². The van der Waals surface area contributed by atoms with Crippen LogP contribution in [0.5, 0.6) is 0 Å². The minimum absolute atomic E-state index is 0.0191. The second-order valence-corrected chi connectivity index (χ2v) is 7.45. The van der Waals surface area contributed by atoms with Crippen LogP contribution >= 0.6 is 0 Å². The molecule has 0 bridgehead atoms. The van der Waals surface area contributed by atoms with Gasteiger partial charge in [0.25, 0.3) is 5.78 Å². The molecule has 0 aromatic carbocycles. The summed E-state index contributed by atoms with van der Waals surface area (Å²) >= 11 is 0. The molecule has 2 fully saturated rings. The maximum absolute atomic E-state index is 12.7. The summed E-state index contributed by atoms with van der Waals surface area (Å²) in [5.74, 6) is 1.19. The average molecular weight is 356 g/mol.